The largest absolute Gasteiger partial charge is 0.340 e. The van der Waals surface area contributed by atoms with Crippen LogP contribution in [0, 0.1) is 6.07 Å². The summed E-state index contributed by atoms with van der Waals surface area (Å²) >= 11 is 0. The van der Waals surface area contributed by atoms with Crippen molar-refractivity contribution >= 4 is 0 Å². The van der Waals surface area contributed by atoms with Crippen LogP contribution in [0.5, 0.6) is 0 Å². The summed E-state index contributed by atoms with van der Waals surface area (Å²) in [6.07, 6.45) is 0. The maximum absolute atomic E-state index is 5.86. The number of ether oxygens (including phenoxy) is 2. The van der Waals surface area contributed by atoms with E-state index < -0.39 is 5.79 Å². The van der Waals surface area contributed by atoms with Gasteiger partial charge in [-0.25, -0.2) is 0 Å². The Hall–Kier alpha value is -1.64. The Morgan fingerprint density at radius 3 is 2.24 bits per heavy atom. The van der Waals surface area contributed by atoms with Crippen LogP contribution in [-0.4, -0.2) is 13.2 Å². The molecule has 0 N–H and O–H groups in total. The summed E-state index contributed by atoms with van der Waals surface area (Å²) < 4.78 is 11.7. The molecule has 85 valence electrons. The smallest absolute Gasteiger partial charge is 0.223 e. The third-order valence-corrected chi connectivity index (χ3v) is 2.91. The lowest BCUT2D eigenvalue weighted by atomic mass is 9.97. The molecule has 0 aliphatic carbocycles. The van der Waals surface area contributed by atoms with Gasteiger partial charge in [-0.05, 0) is 6.07 Å². The lowest BCUT2D eigenvalue weighted by molar-refractivity contribution is -0.130. The number of rotatable bonds is 2. The van der Waals surface area contributed by atoms with Crippen molar-refractivity contribution in [3.05, 3.63) is 71.8 Å². The fraction of sp³-hybridized carbons (Fsp3) is 0.200. The maximum Gasteiger partial charge on any atom is 0.223 e. The SMILES string of the molecule is [c]1ccccc1C1(c2ccccc2)OCCO1. The molecule has 1 fully saturated rings. The Morgan fingerprint density at radius 1 is 0.882 bits per heavy atom. The van der Waals surface area contributed by atoms with Crippen molar-refractivity contribution in [2.45, 2.75) is 5.79 Å². The van der Waals surface area contributed by atoms with E-state index in [0.29, 0.717) is 13.2 Å². The van der Waals surface area contributed by atoms with Gasteiger partial charge in [0.1, 0.15) is 0 Å². The van der Waals surface area contributed by atoms with Gasteiger partial charge in [-0.2, -0.15) is 0 Å². The molecular formula is C15H13O2. The number of hydrogen-bond acceptors (Lipinski definition) is 2. The second-order valence-corrected chi connectivity index (χ2v) is 3.96. The zero-order chi connectivity index (χ0) is 11.6. The van der Waals surface area contributed by atoms with Gasteiger partial charge in [-0.1, -0.05) is 54.6 Å². The standard InChI is InChI=1S/C15H13O2/c1-3-7-13(8-4-1)15(16-11-12-17-15)14-9-5-2-6-10-14/h1-9H,11-12H2. The summed E-state index contributed by atoms with van der Waals surface area (Å²) in [6, 6.07) is 21.0. The minimum atomic E-state index is -0.775. The van der Waals surface area contributed by atoms with E-state index in [2.05, 4.69) is 6.07 Å². The second-order valence-electron chi connectivity index (χ2n) is 3.96. The van der Waals surface area contributed by atoms with Crippen molar-refractivity contribution in [3.8, 4) is 0 Å². The van der Waals surface area contributed by atoms with Crippen LogP contribution in [0.3, 0.4) is 0 Å². The molecule has 2 nitrogen and oxygen atoms in total. The molecule has 1 radical (unpaired) electrons. The van der Waals surface area contributed by atoms with Crippen LogP contribution >= 0.6 is 0 Å². The average Bonchev–Trinajstić information content (AvgIpc) is 2.91. The molecule has 2 aromatic carbocycles. The van der Waals surface area contributed by atoms with Gasteiger partial charge in [-0.3, -0.25) is 0 Å². The van der Waals surface area contributed by atoms with E-state index in [9.17, 15) is 0 Å². The predicted molar refractivity (Wildman–Crippen MR) is 64.4 cm³/mol. The van der Waals surface area contributed by atoms with Gasteiger partial charge in [-0.15, -0.1) is 0 Å². The van der Waals surface area contributed by atoms with Crippen molar-refractivity contribution in [1.82, 2.24) is 0 Å². The third-order valence-electron chi connectivity index (χ3n) is 2.91. The molecule has 0 unspecified atom stereocenters. The molecule has 3 rings (SSSR count). The summed E-state index contributed by atoms with van der Waals surface area (Å²) in [5.74, 6) is -0.775. The Kier molecular flexibility index (Phi) is 2.67. The molecule has 2 heteroatoms. The van der Waals surface area contributed by atoms with E-state index in [-0.39, 0.29) is 0 Å². The Bertz CT molecular complexity index is 431. The summed E-state index contributed by atoms with van der Waals surface area (Å²) in [4.78, 5) is 0. The van der Waals surface area contributed by atoms with E-state index in [4.69, 9.17) is 9.47 Å². The summed E-state index contributed by atoms with van der Waals surface area (Å²) in [6.45, 7) is 1.22. The van der Waals surface area contributed by atoms with E-state index in [1.807, 2.05) is 54.6 Å². The van der Waals surface area contributed by atoms with Crippen LogP contribution < -0.4 is 0 Å². The number of benzene rings is 2. The first-order valence-corrected chi connectivity index (χ1v) is 5.72. The van der Waals surface area contributed by atoms with Crippen molar-refractivity contribution in [1.29, 1.82) is 0 Å². The van der Waals surface area contributed by atoms with Gasteiger partial charge in [0, 0.05) is 11.1 Å². The molecule has 1 heterocycles. The van der Waals surface area contributed by atoms with Crippen LogP contribution in [-0.2, 0) is 15.3 Å². The first-order chi connectivity index (χ1) is 8.42. The molecule has 0 bridgehead atoms. The summed E-state index contributed by atoms with van der Waals surface area (Å²) in [5.41, 5.74) is 1.93. The Morgan fingerprint density at radius 2 is 1.59 bits per heavy atom. The molecule has 17 heavy (non-hydrogen) atoms. The highest BCUT2D eigenvalue weighted by molar-refractivity contribution is 5.33. The normalized spacial score (nSPS) is 18.1. The van der Waals surface area contributed by atoms with Gasteiger partial charge in [0.25, 0.3) is 0 Å². The summed E-state index contributed by atoms with van der Waals surface area (Å²) in [5, 5.41) is 0. The molecule has 2 aromatic rings. The van der Waals surface area contributed by atoms with E-state index in [0.717, 1.165) is 11.1 Å². The highest BCUT2D eigenvalue weighted by Crippen LogP contribution is 2.37. The minimum Gasteiger partial charge on any atom is -0.340 e. The van der Waals surface area contributed by atoms with Gasteiger partial charge in [0.05, 0.1) is 13.2 Å². The first-order valence-electron chi connectivity index (χ1n) is 5.72. The van der Waals surface area contributed by atoms with Crippen LogP contribution in [0.25, 0.3) is 0 Å². The summed E-state index contributed by atoms with van der Waals surface area (Å²) in [7, 11) is 0. The van der Waals surface area contributed by atoms with Gasteiger partial charge >= 0.3 is 0 Å². The monoisotopic (exact) mass is 225 g/mol. The molecule has 1 saturated heterocycles. The minimum absolute atomic E-state index is 0.609. The second kappa shape index (κ2) is 4.32. The molecule has 0 amide bonds. The van der Waals surface area contributed by atoms with Crippen molar-refractivity contribution < 1.29 is 9.47 Å². The number of hydrogen-bond donors (Lipinski definition) is 0. The zero-order valence-corrected chi connectivity index (χ0v) is 9.43. The molecule has 0 saturated carbocycles. The van der Waals surface area contributed by atoms with Crippen molar-refractivity contribution in [3.63, 3.8) is 0 Å². The first kappa shape index (κ1) is 10.5. The molecule has 1 aliphatic heterocycles. The lowest BCUT2D eigenvalue weighted by Crippen LogP contribution is -2.28. The molecule has 0 spiro atoms. The topological polar surface area (TPSA) is 18.5 Å². The Labute approximate surface area is 101 Å². The third kappa shape index (κ3) is 1.75. The quantitative estimate of drug-likeness (QED) is 0.782. The van der Waals surface area contributed by atoms with Gasteiger partial charge in [0.2, 0.25) is 5.79 Å². The highest BCUT2D eigenvalue weighted by Gasteiger charge is 2.40. The molecular weight excluding hydrogens is 212 g/mol. The van der Waals surface area contributed by atoms with E-state index in [1.54, 1.807) is 0 Å². The fourth-order valence-corrected chi connectivity index (χ4v) is 2.15. The lowest BCUT2D eigenvalue weighted by Gasteiger charge is -2.28. The van der Waals surface area contributed by atoms with E-state index in [1.165, 1.54) is 0 Å². The molecule has 1 aliphatic rings. The van der Waals surface area contributed by atoms with Gasteiger partial charge < -0.3 is 9.47 Å². The van der Waals surface area contributed by atoms with Crippen LogP contribution in [0.1, 0.15) is 11.1 Å². The van der Waals surface area contributed by atoms with Gasteiger partial charge in [0.15, 0.2) is 0 Å². The highest BCUT2D eigenvalue weighted by atomic mass is 16.7. The van der Waals surface area contributed by atoms with Crippen molar-refractivity contribution in [2.75, 3.05) is 13.2 Å². The van der Waals surface area contributed by atoms with Crippen LogP contribution in [0.2, 0.25) is 0 Å². The van der Waals surface area contributed by atoms with Crippen molar-refractivity contribution in [2.24, 2.45) is 0 Å². The van der Waals surface area contributed by atoms with Crippen LogP contribution in [0.4, 0.5) is 0 Å². The Balaban J connectivity index is 2.11. The predicted octanol–water partition coefficient (Wildman–Crippen LogP) is 2.73. The molecule has 0 atom stereocenters. The maximum atomic E-state index is 5.86. The fourth-order valence-electron chi connectivity index (χ4n) is 2.15. The van der Waals surface area contributed by atoms with E-state index >= 15 is 0 Å². The zero-order valence-electron chi connectivity index (χ0n) is 9.43. The van der Waals surface area contributed by atoms with Crippen LogP contribution in [0.15, 0.2) is 54.6 Å². The average molecular weight is 225 g/mol. The molecule has 0 aromatic heterocycles.